The molecule has 198 valence electrons. The third-order valence-electron chi connectivity index (χ3n) is 6.92. The standard InChI is InChI=1S/C31H29N3O4S/c1-21-13-15-25(16-14-21)29-31(26-10-6-5-7-11-26,30(35)38-28-23(3)18-22(2)19-24(28)4)33-20-34(29)39(36,37)27-12-8-9-17-32-27/h5-20,29H,1-4H3/t29-,31+/m0/s1. The Labute approximate surface area is 228 Å². The number of rotatable bonds is 6. The Hall–Kier alpha value is -4.30. The van der Waals surface area contributed by atoms with Crippen LogP contribution in [-0.2, 0) is 20.4 Å². The van der Waals surface area contributed by atoms with E-state index in [9.17, 15) is 13.2 Å². The molecule has 0 radical (unpaired) electrons. The number of hydrogen-bond donors (Lipinski definition) is 0. The van der Waals surface area contributed by atoms with Crippen molar-refractivity contribution >= 4 is 22.3 Å². The van der Waals surface area contributed by atoms with Gasteiger partial charge in [0.15, 0.2) is 5.03 Å². The van der Waals surface area contributed by atoms with Crippen molar-refractivity contribution < 1.29 is 17.9 Å². The third-order valence-corrected chi connectivity index (χ3v) is 8.55. The lowest BCUT2D eigenvalue weighted by Crippen LogP contribution is -2.46. The molecule has 0 aliphatic carbocycles. The van der Waals surface area contributed by atoms with Gasteiger partial charge in [0.25, 0.3) is 10.0 Å². The molecule has 5 rings (SSSR count). The minimum absolute atomic E-state index is 0.143. The number of carbonyl (C=O) groups excluding carboxylic acids is 1. The van der Waals surface area contributed by atoms with Crippen molar-refractivity contribution in [1.82, 2.24) is 9.29 Å². The molecule has 2 heterocycles. The van der Waals surface area contributed by atoms with Gasteiger partial charge in [-0.1, -0.05) is 83.9 Å². The molecule has 2 atom stereocenters. The molecule has 0 fully saturated rings. The van der Waals surface area contributed by atoms with Crippen LogP contribution in [0.4, 0.5) is 0 Å². The summed E-state index contributed by atoms with van der Waals surface area (Å²) in [4.78, 5) is 23.2. The molecule has 0 N–H and O–H groups in total. The van der Waals surface area contributed by atoms with Crippen molar-refractivity contribution in [2.75, 3.05) is 0 Å². The number of nitrogens with zero attached hydrogens (tertiary/aromatic N) is 3. The van der Waals surface area contributed by atoms with Crippen LogP contribution in [0.2, 0.25) is 0 Å². The van der Waals surface area contributed by atoms with Gasteiger partial charge in [0.2, 0.25) is 5.54 Å². The van der Waals surface area contributed by atoms with Gasteiger partial charge in [-0.2, -0.15) is 8.42 Å². The molecule has 3 aromatic carbocycles. The third kappa shape index (κ3) is 4.61. The maximum Gasteiger partial charge on any atom is 0.346 e. The van der Waals surface area contributed by atoms with Gasteiger partial charge in [0, 0.05) is 6.20 Å². The van der Waals surface area contributed by atoms with Gasteiger partial charge in [-0.05, 0) is 62.1 Å². The number of sulfonamides is 1. The maximum absolute atomic E-state index is 14.4. The molecular formula is C31H29N3O4S. The van der Waals surface area contributed by atoms with E-state index in [4.69, 9.17) is 4.74 Å². The normalized spacial score (nSPS) is 18.8. The first-order chi connectivity index (χ1) is 18.6. The second-order valence-electron chi connectivity index (χ2n) is 9.81. The van der Waals surface area contributed by atoms with E-state index in [1.54, 1.807) is 36.4 Å². The monoisotopic (exact) mass is 539 g/mol. The molecule has 0 bridgehead atoms. The Bertz CT molecular complexity index is 1630. The second-order valence-corrected chi connectivity index (χ2v) is 11.6. The molecule has 39 heavy (non-hydrogen) atoms. The minimum Gasteiger partial charge on any atom is -0.424 e. The maximum atomic E-state index is 14.4. The van der Waals surface area contributed by atoms with Crippen LogP contribution in [-0.4, -0.2) is 30.0 Å². The number of aliphatic imine (C=N–C) groups is 1. The molecule has 4 aromatic rings. The van der Waals surface area contributed by atoms with Gasteiger partial charge < -0.3 is 4.74 Å². The predicted molar refractivity (Wildman–Crippen MR) is 150 cm³/mol. The molecule has 0 spiro atoms. The zero-order chi connectivity index (χ0) is 27.8. The van der Waals surface area contributed by atoms with Crippen LogP contribution >= 0.6 is 0 Å². The highest BCUT2D eigenvalue weighted by Crippen LogP contribution is 2.49. The van der Waals surface area contributed by atoms with Gasteiger partial charge in [-0.25, -0.2) is 19.1 Å². The second kappa shape index (κ2) is 10.1. The summed E-state index contributed by atoms with van der Waals surface area (Å²) < 4.78 is 35.2. The number of carbonyl (C=O) groups is 1. The number of benzene rings is 3. The van der Waals surface area contributed by atoms with Crippen LogP contribution < -0.4 is 4.74 Å². The van der Waals surface area contributed by atoms with E-state index < -0.39 is 27.6 Å². The Balaban J connectivity index is 1.73. The molecule has 1 aliphatic heterocycles. The van der Waals surface area contributed by atoms with Crippen LogP contribution in [0.5, 0.6) is 5.75 Å². The van der Waals surface area contributed by atoms with Crippen molar-refractivity contribution in [3.8, 4) is 5.75 Å². The van der Waals surface area contributed by atoms with E-state index >= 15 is 0 Å². The lowest BCUT2D eigenvalue weighted by molar-refractivity contribution is -0.142. The summed E-state index contributed by atoms with van der Waals surface area (Å²) in [5.74, 6) is -0.242. The summed E-state index contributed by atoms with van der Waals surface area (Å²) in [5, 5.41) is -0.143. The lowest BCUT2D eigenvalue weighted by Gasteiger charge is -2.35. The molecule has 0 amide bonds. The summed E-state index contributed by atoms with van der Waals surface area (Å²) in [6.07, 6.45) is 2.64. The zero-order valence-electron chi connectivity index (χ0n) is 22.2. The first-order valence-electron chi connectivity index (χ1n) is 12.6. The van der Waals surface area contributed by atoms with Crippen LogP contribution in [0.25, 0.3) is 0 Å². The smallest absolute Gasteiger partial charge is 0.346 e. The summed E-state index contributed by atoms with van der Waals surface area (Å²) in [7, 11) is -4.19. The number of pyridine rings is 1. The van der Waals surface area contributed by atoms with E-state index in [1.165, 1.54) is 18.6 Å². The molecular weight excluding hydrogens is 510 g/mol. The largest absolute Gasteiger partial charge is 0.424 e. The lowest BCUT2D eigenvalue weighted by atomic mass is 9.80. The van der Waals surface area contributed by atoms with Gasteiger partial charge in [-0.3, -0.25) is 0 Å². The fourth-order valence-corrected chi connectivity index (χ4v) is 6.50. The average molecular weight is 540 g/mol. The summed E-state index contributed by atoms with van der Waals surface area (Å²) in [6, 6.07) is 23.9. The molecule has 8 heteroatoms. The SMILES string of the molecule is Cc1ccc([C@@H]2N(S(=O)(=O)c3ccccn3)C=N[C@]2(C(=O)Oc2c(C)cc(C)cc2C)c2ccccc2)cc1. The Morgan fingerprint density at radius 3 is 2.10 bits per heavy atom. The van der Waals surface area contributed by atoms with Crippen LogP contribution in [0.15, 0.2) is 101 Å². The molecule has 7 nitrogen and oxygen atoms in total. The van der Waals surface area contributed by atoms with Crippen molar-refractivity contribution in [3.63, 3.8) is 0 Å². The topological polar surface area (TPSA) is 88.9 Å². The van der Waals surface area contributed by atoms with Gasteiger partial charge in [0.05, 0.1) is 0 Å². The summed E-state index contributed by atoms with van der Waals surface area (Å²) >= 11 is 0. The minimum atomic E-state index is -4.19. The van der Waals surface area contributed by atoms with Crippen LogP contribution in [0.3, 0.4) is 0 Å². The molecule has 0 saturated carbocycles. The number of aromatic nitrogens is 1. The fourth-order valence-electron chi connectivity index (χ4n) is 5.12. The highest BCUT2D eigenvalue weighted by Gasteiger charge is 2.58. The van der Waals surface area contributed by atoms with Crippen LogP contribution in [0, 0.1) is 27.7 Å². The van der Waals surface area contributed by atoms with Crippen molar-refractivity contribution in [2.45, 2.75) is 44.3 Å². The molecule has 0 unspecified atom stereocenters. The highest BCUT2D eigenvalue weighted by molar-refractivity contribution is 7.89. The Kier molecular flexibility index (Phi) is 6.82. The average Bonchev–Trinajstić information content (AvgIpc) is 3.34. The quantitative estimate of drug-likeness (QED) is 0.235. The van der Waals surface area contributed by atoms with Gasteiger partial charge in [0.1, 0.15) is 18.1 Å². The van der Waals surface area contributed by atoms with Crippen molar-refractivity contribution in [1.29, 1.82) is 0 Å². The Morgan fingerprint density at radius 2 is 1.49 bits per heavy atom. The summed E-state index contributed by atoms with van der Waals surface area (Å²) in [5.41, 5.74) is 3.03. The molecule has 0 saturated heterocycles. The van der Waals surface area contributed by atoms with Gasteiger partial charge in [-0.15, -0.1) is 0 Å². The predicted octanol–water partition coefficient (Wildman–Crippen LogP) is 5.59. The first kappa shape index (κ1) is 26.3. The van der Waals surface area contributed by atoms with Crippen molar-refractivity contribution in [3.05, 3.63) is 125 Å². The van der Waals surface area contributed by atoms with E-state index in [0.717, 1.165) is 26.6 Å². The van der Waals surface area contributed by atoms with Crippen LogP contribution in [0.1, 0.15) is 39.4 Å². The Morgan fingerprint density at radius 1 is 0.846 bits per heavy atom. The van der Waals surface area contributed by atoms with Crippen molar-refractivity contribution in [2.24, 2.45) is 4.99 Å². The van der Waals surface area contributed by atoms with E-state index in [0.29, 0.717) is 16.9 Å². The molecule has 1 aromatic heterocycles. The summed E-state index contributed by atoms with van der Waals surface area (Å²) in [6.45, 7) is 7.68. The highest BCUT2D eigenvalue weighted by atomic mass is 32.2. The number of ether oxygens (including phenoxy) is 1. The fraction of sp³-hybridized carbons (Fsp3) is 0.194. The van der Waals surface area contributed by atoms with Gasteiger partial charge >= 0.3 is 5.97 Å². The van der Waals surface area contributed by atoms with E-state index in [-0.39, 0.29) is 5.03 Å². The zero-order valence-corrected chi connectivity index (χ0v) is 23.0. The van der Waals surface area contributed by atoms with E-state index in [1.807, 2.05) is 70.2 Å². The number of esters is 1. The number of aryl methyl sites for hydroxylation is 4. The first-order valence-corrected chi connectivity index (χ1v) is 14.0. The molecule has 1 aliphatic rings. The van der Waals surface area contributed by atoms with E-state index in [2.05, 4.69) is 9.98 Å². The number of hydrogen-bond acceptors (Lipinski definition) is 6.